The van der Waals surface area contributed by atoms with Gasteiger partial charge in [-0.2, -0.15) is 8.78 Å². The molecule has 1 atom stereocenters. The normalized spacial score (nSPS) is 16.9. The van der Waals surface area contributed by atoms with Crippen molar-refractivity contribution in [2.24, 2.45) is 5.92 Å². The molecule has 2 N–H and O–H groups in total. The Labute approximate surface area is 175 Å². The molecular weight excluding hydrogens is 399 g/mol. The Morgan fingerprint density at radius 3 is 2.43 bits per heavy atom. The Morgan fingerprint density at radius 1 is 1.23 bits per heavy atom. The van der Waals surface area contributed by atoms with Crippen LogP contribution in [0.3, 0.4) is 0 Å². The van der Waals surface area contributed by atoms with Crippen molar-refractivity contribution in [1.82, 2.24) is 15.5 Å². The average molecular weight is 429 g/mol. The molecule has 1 aliphatic heterocycles. The topological polar surface area (TPSA) is 70.7 Å². The van der Waals surface area contributed by atoms with Crippen molar-refractivity contribution in [3.8, 4) is 5.75 Å². The second kappa shape index (κ2) is 10.1. The van der Waals surface area contributed by atoms with Crippen LogP contribution in [0.15, 0.2) is 18.2 Å². The maximum atomic E-state index is 13.5. The fourth-order valence-corrected chi connectivity index (χ4v) is 3.35. The minimum atomic E-state index is -3.17. The number of nitrogens with one attached hydrogen (secondary N) is 2. The number of ether oxygens (including phenoxy) is 1. The average Bonchev–Trinajstić information content (AvgIpc) is 2.66. The molecule has 0 saturated carbocycles. The van der Waals surface area contributed by atoms with E-state index in [1.54, 1.807) is 0 Å². The van der Waals surface area contributed by atoms with Crippen LogP contribution in [0.5, 0.6) is 5.75 Å². The standard InChI is InChI=1S/C21H30F3N3O3/c1-13(18(28)26-21(2,3)4)27-9-7-14(8-10-27)12-25-19(29)15-5-6-16(22)17(11-15)30-20(23)24/h5-6,11,13-14,20H,7-10,12H2,1-4H3,(H,25,29)(H,26,28). The van der Waals surface area contributed by atoms with E-state index in [1.807, 2.05) is 27.7 Å². The van der Waals surface area contributed by atoms with Crippen molar-refractivity contribution in [2.45, 2.75) is 58.7 Å². The number of piperidine rings is 1. The van der Waals surface area contributed by atoms with Crippen molar-refractivity contribution >= 4 is 11.8 Å². The summed E-state index contributed by atoms with van der Waals surface area (Å²) in [6, 6.07) is 2.89. The highest BCUT2D eigenvalue weighted by molar-refractivity contribution is 5.94. The summed E-state index contributed by atoms with van der Waals surface area (Å²) in [4.78, 5) is 26.7. The molecule has 1 aromatic carbocycles. The molecule has 2 rings (SSSR count). The van der Waals surface area contributed by atoms with E-state index < -0.39 is 24.1 Å². The third-order valence-corrected chi connectivity index (χ3v) is 5.04. The van der Waals surface area contributed by atoms with E-state index in [9.17, 15) is 22.8 Å². The van der Waals surface area contributed by atoms with Gasteiger partial charge in [-0.05, 0) is 77.7 Å². The van der Waals surface area contributed by atoms with E-state index in [1.165, 1.54) is 6.07 Å². The van der Waals surface area contributed by atoms with Crippen LogP contribution in [0.1, 0.15) is 50.9 Å². The molecule has 0 aliphatic carbocycles. The minimum Gasteiger partial charge on any atom is -0.432 e. The predicted octanol–water partition coefficient (Wildman–Crippen LogP) is 3.17. The summed E-state index contributed by atoms with van der Waals surface area (Å²) in [5.74, 6) is -1.86. The molecule has 0 aromatic heterocycles. The molecular formula is C21H30F3N3O3. The van der Waals surface area contributed by atoms with Gasteiger partial charge in [0.05, 0.1) is 6.04 Å². The van der Waals surface area contributed by atoms with E-state index in [4.69, 9.17) is 0 Å². The van der Waals surface area contributed by atoms with Crippen molar-refractivity contribution in [1.29, 1.82) is 0 Å². The summed E-state index contributed by atoms with van der Waals surface area (Å²) in [7, 11) is 0. The quantitative estimate of drug-likeness (QED) is 0.699. The van der Waals surface area contributed by atoms with Gasteiger partial charge >= 0.3 is 6.61 Å². The van der Waals surface area contributed by atoms with Gasteiger partial charge in [0.15, 0.2) is 11.6 Å². The van der Waals surface area contributed by atoms with Gasteiger partial charge in [-0.15, -0.1) is 0 Å². The summed E-state index contributed by atoms with van der Waals surface area (Å²) < 4.78 is 42.2. The third-order valence-electron chi connectivity index (χ3n) is 5.04. The van der Waals surface area contributed by atoms with Gasteiger partial charge in [0.25, 0.3) is 5.91 Å². The molecule has 168 valence electrons. The third kappa shape index (κ3) is 7.19. The molecule has 9 heteroatoms. The first-order chi connectivity index (χ1) is 14.0. The summed E-state index contributed by atoms with van der Waals surface area (Å²) in [6.45, 7) is 6.43. The molecule has 6 nitrogen and oxygen atoms in total. The number of halogens is 3. The Kier molecular flexibility index (Phi) is 8.11. The van der Waals surface area contributed by atoms with Crippen LogP contribution in [0.2, 0.25) is 0 Å². The van der Waals surface area contributed by atoms with Crippen molar-refractivity contribution in [3.05, 3.63) is 29.6 Å². The van der Waals surface area contributed by atoms with Crippen LogP contribution in [-0.4, -0.2) is 54.5 Å². The van der Waals surface area contributed by atoms with Crippen LogP contribution < -0.4 is 15.4 Å². The maximum absolute atomic E-state index is 13.5. The Balaban J connectivity index is 1.82. The SMILES string of the molecule is CC(C(=O)NC(C)(C)C)N1CCC(CNC(=O)c2ccc(F)c(OC(F)F)c2)CC1. The first-order valence-corrected chi connectivity index (χ1v) is 10.0. The number of benzene rings is 1. The number of carbonyl (C=O) groups excluding carboxylic acids is 2. The summed E-state index contributed by atoms with van der Waals surface area (Å²) in [5.41, 5.74) is -0.230. The van der Waals surface area contributed by atoms with Crippen LogP contribution in [0, 0.1) is 11.7 Å². The number of carbonyl (C=O) groups is 2. The van der Waals surface area contributed by atoms with Gasteiger partial charge < -0.3 is 15.4 Å². The highest BCUT2D eigenvalue weighted by atomic mass is 19.3. The zero-order valence-electron chi connectivity index (χ0n) is 17.8. The summed E-state index contributed by atoms with van der Waals surface area (Å²) in [5, 5.41) is 5.75. The first kappa shape index (κ1) is 24.0. The monoisotopic (exact) mass is 429 g/mol. The zero-order chi connectivity index (χ0) is 22.5. The number of likely N-dealkylation sites (tertiary alicyclic amines) is 1. The fraction of sp³-hybridized carbons (Fsp3) is 0.619. The van der Waals surface area contributed by atoms with Crippen molar-refractivity contribution in [2.75, 3.05) is 19.6 Å². The maximum Gasteiger partial charge on any atom is 0.387 e. The molecule has 2 amide bonds. The largest absolute Gasteiger partial charge is 0.432 e. The van der Waals surface area contributed by atoms with Gasteiger partial charge in [0.2, 0.25) is 5.91 Å². The highest BCUT2D eigenvalue weighted by Gasteiger charge is 2.28. The number of alkyl halides is 2. The second-order valence-electron chi connectivity index (χ2n) is 8.63. The van der Waals surface area contributed by atoms with E-state index >= 15 is 0 Å². The lowest BCUT2D eigenvalue weighted by Gasteiger charge is -2.36. The summed E-state index contributed by atoms with van der Waals surface area (Å²) >= 11 is 0. The Morgan fingerprint density at radius 2 is 1.87 bits per heavy atom. The lowest BCUT2D eigenvalue weighted by atomic mass is 9.95. The minimum absolute atomic E-state index is 0.00705. The van der Waals surface area contributed by atoms with E-state index in [0.29, 0.717) is 6.54 Å². The number of hydrogen-bond acceptors (Lipinski definition) is 4. The van der Waals surface area contributed by atoms with Gasteiger partial charge in [0, 0.05) is 17.6 Å². The predicted molar refractivity (Wildman–Crippen MR) is 107 cm³/mol. The zero-order valence-corrected chi connectivity index (χ0v) is 17.8. The van der Waals surface area contributed by atoms with E-state index in [2.05, 4.69) is 20.3 Å². The molecule has 30 heavy (non-hydrogen) atoms. The Hall–Kier alpha value is -2.29. The molecule has 0 bridgehead atoms. The van der Waals surface area contributed by atoms with Crippen LogP contribution in [0.4, 0.5) is 13.2 Å². The van der Waals surface area contributed by atoms with Gasteiger partial charge in [0.1, 0.15) is 0 Å². The second-order valence-corrected chi connectivity index (χ2v) is 8.63. The molecule has 1 saturated heterocycles. The smallest absolute Gasteiger partial charge is 0.387 e. The molecule has 0 radical (unpaired) electrons. The lowest BCUT2D eigenvalue weighted by molar-refractivity contribution is -0.127. The first-order valence-electron chi connectivity index (χ1n) is 10.0. The van der Waals surface area contributed by atoms with Gasteiger partial charge in [-0.25, -0.2) is 4.39 Å². The number of nitrogens with zero attached hydrogens (tertiary/aromatic N) is 1. The van der Waals surface area contributed by atoms with Crippen LogP contribution >= 0.6 is 0 Å². The molecule has 1 fully saturated rings. The lowest BCUT2D eigenvalue weighted by Crippen LogP contribution is -2.53. The molecule has 0 spiro atoms. The highest BCUT2D eigenvalue weighted by Crippen LogP contribution is 2.22. The van der Waals surface area contributed by atoms with Gasteiger partial charge in [-0.1, -0.05) is 0 Å². The fourth-order valence-electron chi connectivity index (χ4n) is 3.35. The molecule has 1 aromatic rings. The number of rotatable bonds is 7. The molecule has 1 heterocycles. The van der Waals surface area contributed by atoms with E-state index in [-0.39, 0.29) is 29.0 Å². The van der Waals surface area contributed by atoms with Crippen molar-refractivity contribution < 1.29 is 27.5 Å². The van der Waals surface area contributed by atoms with Gasteiger partial charge in [-0.3, -0.25) is 14.5 Å². The Bertz CT molecular complexity index is 745. The number of amides is 2. The number of hydrogen-bond donors (Lipinski definition) is 2. The van der Waals surface area contributed by atoms with Crippen molar-refractivity contribution in [3.63, 3.8) is 0 Å². The molecule has 1 unspecified atom stereocenters. The molecule has 1 aliphatic rings. The van der Waals surface area contributed by atoms with E-state index in [0.717, 1.165) is 38.1 Å². The summed E-state index contributed by atoms with van der Waals surface area (Å²) in [6.07, 6.45) is 1.63. The van der Waals surface area contributed by atoms with Crippen LogP contribution in [0.25, 0.3) is 0 Å². The van der Waals surface area contributed by atoms with Crippen LogP contribution in [-0.2, 0) is 4.79 Å².